The van der Waals surface area contributed by atoms with Crippen LogP contribution in [-0.2, 0) is 9.59 Å². The molecule has 2 heteroatoms. The molecule has 17 heavy (non-hydrogen) atoms. The molecular formula is C15H22O2. The molecule has 1 atom stereocenters. The monoisotopic (exact) mass is 234 g/mol. The predicted molar refractivity (Wildman–Crippen MR) is 69.8 cm³/mol. The van der Waals surface area contributed by atoms with Crippen LogP contribution in [0.5, 0.6) is 0 Å². The van der Waals surface area contributed by atoms with Crippen LogP contribution in [0.25, 0.3) is 0 Å². The van der Waals surface area contributed by atoms with Crippen LogP contribution >= 0.6 is 0 Å². The number of hydrogen-bond donors (Lipinski definition) is 0. The predicted octanol–water partition coefficient (Wildman–Crippen LogP) is 3.62. The highest BCUT2D eigenvalue weighted by molar-refractivity contribution is 6.05. The van der Waals surface area contributed by atoms with Crippen LogP contribution in [0.3, 0.4) is 0 Å². The Balaban J connectivity index is 3.06. The molecule has 2 nitrogen and oxygen atoms in total. The van der Waals surface area contributed by atoms with Gasteiger partial charge in [-0.05, 0) is 65.0 Å². The summed E-state index contributed by atoms with van der Waals surface area (Å²) in [5.74, 6) is 0.315. The Labute approximate surface area is 104 Å². The number of carbonyl (C=O) groups is 2. The molecule has 1 aliphatic carbocycles. The Morgan fingerprint density at radius 2 is 1.94 bits per heavy atom. The fourth-order valence-electron chi connectivity index (χ4n) is 2.26. The van der Waals surface area contributed by atoms with E-state index in [1.165, 1.54) is 0 Å². The van der Waals surface area contributed by atoms with E-state index >= 15 is 0 Å². The lowest BCUT2D eigenvalue weighted by Crippen LogP contribution is -2.14. The molecule has 0 saturated heterocycles. The number of allylic oxidation sites excluding steroid dienone is 4. The Morgan fingerprint density at radius 1 is 1.29 bits per heavy atom. The molecule has 1 aliphatic rings. The van der Waals surface area contributed by atoms with Crippen LogP contribution < -0.4 is 0 Å². The van der Waals surface area contributed by atoms with Gasteiger partial charge in [0.25, 0.3) is 0 Å². The van der Waals surface area contributed by atoms with Gasteiger partial charge >= 0.3 is 0 Å². The molecule has 0 heterocycles. The first-order valence-electron chi connectivity index (χ1n) is 6.30. The highest BCUT2D eigenvalue weighted by Crippen LogP contribution is 2.26. The molecular weight excluding hydrogens is 212 g/mol. The first kappa shape index (κ1) is 13.9. The normalized spacial score (nSPS) is 25.4. The minimum atomic E-state index is 0.0168. The van der Waals surface area contributed by atoms with Crippen molar-refractivity contribution in [3.63, 3.8) is 0 Å². The standard InChI is InChI=1S/C15H22O2/c1-10(2)14-9-13(12(4)16)7-5-6-11(3)8-15(14)17/h8,13H,5-7,9H2,1-4H3/b11-8-. The molecule has 0 amide bonds. The number of ketones is 2. The number of hydrogen-bond acceptors (Lipinski definition) is 2. The zero-order chi connectivity index (χ0) is 13.0. The molecule has 0 spiro atoms. The smallest absolute Gasteiger partial charge is 0.181 e. The molecule has 0 aromatic carbocycles. The van der Waals surface area contributed by atoms with Gasteiger partial charge in [-0.2, -0.15) is 0 Å². The van der Waals surface area contributed by atoms with Gasteiger partial charge in [-0.1, -0.05) is 11.1 Å². The highest BCUT2D eigenvalue weighted by Gasteiger charge is 2.21. The minimum Gasteiger partial charge on any atom is -0.300 e. The lowest BCUT2D eigenvalue weighted by molar-refractivity contribution is -0.121. The number of rotatable bonds is 1. The van der Waals surface area contributed by atoms with Crippen molar-refractivity contribution in [2.24, 2.45) is 5.92 Å². The van der Waals surface area contributed by atoms with Gasteiger partial charge in [-0.15, -0.1) is 0 Å². The summed E-state index contributed by atoms with van der Waals surface area (Å²) in [6, 6.07) is 0. The summed E-state index contributed by atoms with van der Waals surface area (Å²) < 4.78 is 0. The molecule has 94 valence electrons. The van der Waals surface area contributed by atoms with E-state index in [-0.39, 0.29) is 17.5 Å². The van der Waals surface area contributed by atoms with Crippen LogP contribution in [-0.4, -0.2) is 11.6 Å². The van der Waals surface area contributed by atoms with Gasteiger partial charge in [0.2, 0.25) is 0 Å². The average Bonchev–Trinajstić information content (AvgIpc) is 2.27. The van der Waals surface area contributed by atoms with Crippen molar-refractivity contribution >= 4 is 11.6 Å². The summed E-state index contributed by atoms with van der Waals surface area (Å²) in [5.41, 5.74) is 2.98. The van der Waals surface area contributed by atoms with Gasteiger partial charge in [0.1, 0.15) is 5.78 Å². The molecule has 0 aromatic rings. The molecule has 1 rings (SSSR count). The molecule has 1 unspecified atom stereocenters. The highest BCUT2D eigenvalue weighted by atomic mass is 16.1. The van der Waals surface area contributed by atoms with Crippen molar-refractivity contribution in [2.45, 2.75) is 53.4 Å². The van der Waals surface area contributed by atoms with Crippen molar-refractivity contribution in [1.82, 2.24) is 0 Å². The molecule has 0 bridgehead atoms. The Morgan fingerprint density at radius 3 is 2.47 bits per heavy atom. The maximum Gasteiger partial charge on any atom is 0.181 e. The molecule has 0 radical (unpaired) electrons. The van der Waals surface area contributed by atoms with Crippen LogP contribution in [0.4, 0.5) is 0 Å². The van der Waals surface area contributed by atoms with Crippen LogP contribution in [0.15, 0.2) is 22.8 Å². The molecule has 0 aromatic heterocycles. The minimum absolute atomic E-state index is 0.0168. The molecule has 0 fully saturated rings. The topological polar surface area (TPSA) is 34.1 Å². The van der Waals surface area contributed by atoms with E-state index in [2.05, 4.69) is 0 Å². The van der Waals surface area contributed by atoms with Gasteiger partial charge in [0.05, 0.1) is 0 Å². The maximum absolute atomic E-state index is 12.1. The van der Waals surface area contributed by atoms with E-state index in [1.54, 1.807) is 13.0 Å². The zero-order valence-electron chi connectivity index (χ0n) is 11.3. The summed E-state index contributed by atoms with van der Waals surface area (Å²) in [5, 5.41) is 0. The van der Waals surface area contributed by atoms with Gasteiger partial charge < -0.3 is 0 Å². The lowest BCUT2D eigenvalue weighted by Gasteiger charge is -2.14. The average molecular weight is 234 g/mol. The Bertz CT molecular complexity index is 382. The van der Waals surface area contributed by atoms with E-state index in [4.69, 9.17) is 0 Å². The van der Waals surface area contributed by atoms with Crippen LogP contribution in [0, 0.1) is 5.92 Å². The van der Waals surface area contributed by atoms with E-state index in [0.717, 1.165) is 36.0 Å². The second-order valence-corrected chi connectivity index (χ2v) is 5.24. The zero-order valence-corrected chi connectivity index (χ0v) is 11.3. The largest absolute Gasteiger partial charge is 0.300 e. The molecule has 0 N–H and O–H groups in total. The van der Waals surface area contributed by atoms with Crippen molar-refractivity contribution in [1.29, 1.82) is 0 Å². The third-order valence-corrected chi connectivity index (χ3v) is 3.43. The molecule has 0 saturated carbocycles. The number of carbonyl (C=O) groups excluding carboxylic acids is 2. The summed E-state index contributed by atoms with van der Waals surface area (Å²) in [6.45, 7) is 7.53. The third kappa shape index (κ3) is 3.95. The summed E-state index contributed by atoms with van der Waals surface area (Å²) in [6.07, 6.45) is 5.16. The van der Waals surface area contributed by atoms with Gasteiger partial charge in [-0.3, -0.25) is 9.59 Å². The Kier molecular flexibility index (Phi) is 4.86. The van der Waals surface area contributed by atoms with E-state index in [9.17, 15) is 9.59 Å². The van der Waals surface area contributed by atoms with Gasteiger partial charge in [-0.25, -0.2) is 0 Å². The van der Waals surface area contributed by atoms with E-state index in [1.807, 2.05) is 20.8 Å². The molecule has 0 aliphatic heterocycles. The van der Waals surface area contributed by atoms with Crippen molar-refractivity contribution in [2.75, 3.05) is 0 Å². The maximum atomic E-state index is 12.1. The third-order valence-electron chi connectivity index (χ3n) is 3.43. The quantitative estimate of drug-likeness (QED) is 0.649. The second kappa shape index (κ2) is 5.95. The van der Waals surface area contributed by atoms with E-state index < -0.39 is 0 Å². The summed E-state index contributed by atoms with van der Waals surface area (Å²) in [4.78, 5) is 23.7. The summed E-state index contributed by atoms with van der Waals surface area (Å²) in [7, 11) is 0. The van der Waals surface area contributed by atoms with Crippen LogP contribution in [0.1, 0.15) is 53.4 Å². The summed E-state index contributed by atoms with van der Waals surface area (Å²) >= 11 is 0. The van der Waals surface area contributed by atoms with Crippen molar-refractivity contribution in [3.8, 4) is 0 Å². The fourth-order valence-corrected chi connectivity index (χ4v) is 2.26. The fraction of sp³-hybridized carbons (Fsp3) is 0.600. The Hall–Kier alpha value is -1.18. The second-order valence-electron chi connectivity index (χ2n) is 5.24. The number of Topliss-reactive ketones (excluding diaryl/α,β-unsaturated/α-hetero) is 1. The van der Waals surface area contributed by atoms with E-state index in [0.29, 0.717) is 6.42 Å². The first-order valence-corrected chi connectivity index (χ1v) is 6.30. The van der Waals surface area contributed by atoms with Crippen LogP contribution in [0.2, 0.25) is 0 Å². The lowest BCUT2D eigenvalue weighted by atomic mass is 9.88. The van der Waals surface area contributed by atoms with Gasteiger partial charge in [0, 0.05) is 5.92 Å². The van der Waals surface area contributed by atoms with Crippen molar-refractivity contribution in [3.05, 3.63) is 22.8 Å². The SMILES string of the molecule is CC(=O)C1CCC/C(C)=C\C(=O)C(=C(C)C)C1. The van der Waals surface area contributed by atoms with Crippen molar-refractivity contribution < 1.29 is 9.59 Å². The first-order chi connectivity index (χ1) is 7.91. The van der Waals surface area contributed by atoms with Gasteiger partial charge in [0.15, 0.2) is 5.78 Å².